The van der Waals surface area contributed by atoms with Crippen molar-refractivity contribution in [2.75, 3.05) is 31.6 Å². The van der Waals surface area contributed by atoms with Gasteiger partial charge in [0.15, 0.2) is 5.82 Å². The van der Waals surface area contributed by atoms with Gasteiger partial charge in [0.25, 0.3) is 11.5 Å². The van der Waals surface area contributed by atoms with Crippen molar-refractivity contribution in [3.63, 3.8) is 0 Å². The molecule has 0 bridgehead atoms. The second kappa shape index (κ2) is 8.38. The van der Waals surface area contributed by atoms with Crippen LogP contribution < -0.4 is 10.9 Å². The summed E-state index contributed by atoms with van der Waals surface area (Å²) in [5.41, 5.74) is 2.59. The van der Waals surface area contributed by atoms with E-state index in [0.717, 1.165) is 36.2 Å². The lowest BCUT2D eigenvalue weighted by Gasteiger charge is -2.23. The minimum atomic E-state index is -0.948. The molecular weight excluding hydrogens is 413 g/mol. The van der Waals surface area contributed by atoms with Gasteiger partial charge in [-0.15, -0.1) is 0 Å². The average molecular weight is 439 g/mol. The number of aromatic amines is 1. The Morgan fingerprint density at radius 2 is 2.19 bits per heavy atom. The molecular formula is C23H26FN5O3. The van der Waals surface area contributed by atoms with Crippen LogP contribution in [0.4, 0.5) is 15.9 Å². The van der Waals surface area contributed by atoms with Gasteiger partial charge in [-0.1, -0.05) is 0 Å². The maximum Gasteiger partial charge on any atom is 0.261 e. The summed E-state index contributed by atoms with van der Waals surface area (Å²) < 4.78 is 21.0. The van der Waals surface area contributed by atoms with Crippen LogP contribution in [0, 0.1) is 6.92 Å². The highest BCUT2D eigenvalue weighted by molar-refractivity contribution is 5.97. The van der Waals surface area contributed by atoms with E-state index in [4.69, 9.17) is 9.84 Å². The predicted molar refractivity (Wildman–Crippen MR) is 119 cm³/mol. The van der Waals surface area contributed by atoms with Crippen molar-refractivity contribution < 1.29 is 13.9 Å². The van der Waals surface area contributed by atoms with E-state index in [9.17, 15) is 14.0 Å². The zero-order chi connectivity index (χ0) is 22.2. The molecule has 32 heavy (non-hydrogen) atoms. The number of likely N-dealkylation sites (tertiary alicyclic amines) is 1. The molecule has 0 saturated carbocycles. The number of nitrogens with one attached hydrogen (secondary N) is 2. The van der Waals surface area contributed by atoms with Crippen LogP contribution in [0.25, 0.3) is 10.9 Å². The molecule has 1 aromatic carbocycles. The number of aryl methyl sites for hydroxylation is 1. The number of alkyl halides is 1. The van der Waals surface area contributed by atoms with Gasteiger partial charge in [0.1, 0.15) is 11.6 Å². The summed E-state index contributed by atoms with van der Waals surface area (Å²) in [5, 5.41) is 8.46. The number of H-pyrrole nitrogens is 1. The van der Waals surface area contributed by atoms with E-state index in [-0.39, 0.29) is 24.1 Å². The molecule has 9 heteroatoms. The van der Waals surface area contributed by atoms with E-state index in [1.54, 1.807) is 23.2 Å². The highest BCUT2D eigenvalue weighted by atomic mass is 19.1. The first kappa shape index (κ1) is 20.7. The molecule has 0 aliphatic carbocycles. The summed E-state index contributed by atoms with van der Waals surface area (Å²) in [6.45, 7) is 3.75. The summed E-state index contributed by atoms with van der Waals surface area (Å²) in [5.74, 6) is 0.309. The molecule has 2 atom stereocenters. The number of ether oxygens (including phenoxy) is 1. The Labute approximate surface area is 184 Å². The van der Waals surface area contributed by atoms with Crippen LogP contribution in [-0.2, 0) is 4.74 Å². The van der Waals surface area contributed by atoms with Gasteiger partial charge < -0.3 is 19.9 Å². The highest BCUT2D eigenvalue weighted by Crippen LogP contribution is 2.29. The number of benzene rings is 1. The molecule has 2 N–H and O–H groups in total. The van der Waals surface area contributed by atoms with Crippen LogP contribution in [0.3, 0.4) is 0 Å². The topological polar surface area (TPSA) is 92.2 Å². The number of rotatable bonds is 4. The average Bonchev–Trinajstić information content (AvgIpc) is 3.39. The largest absolute Gasteiger partial charge is 0.379 e. The van der Waals surface area contributed by atoms with E-state index >= 15 is 0 Å². The summed E-state index contributed by atoms with van der Waals surface area (Å²) in [6, 6.07) is 7.30. The molecule has 1 amide bonds. The number of carbonyl (C=O) groups excluding carboxylic acids is 1. The minimum absolute atomic E-state index is 0.0742. The van der Waals surface area contributed by atoms with Gasteiger partial charge in [0, 0.05) is 30.6 Å². The van der Waals surface area contributed by atoms with E-state index in [1.165, 1.54) is 0 Å². The number of pyridine rings is 1. The third kappa shape index (κ3) is 3.77. The maximum absolute atomic E-state index is 13.5. The number of amides is 1. The molecule has 2 unspecified atom stereocenters. The van der Waals surface area contributed by atoms with Gasteiger partial charge in [0.2, 0.25) is 0 Å². The van der Waals surface area contributed by atoms with Crippen molar-refractivity contribution in [3.05, 3.63) is 51.9 Å². The van der Waals surface area contributed by atoms with Crippen LogP contribution in [0.15, 0.2) is 35.3 Å². The fourth-order valence-corrected chi connectivity index (χ4v) is 4.57. The van der Waals surface area contributed by atoms with Crippen LogP contribution in [0.5, 0.6) is 0 Å². The zero-order valence-electron chi connectivity index (χ0n) is 17.9. The summed E-state index contributed by atoms with van der Waals surface area (Å²) >= 11 is 0. The Kier molecular flexibility index (Phi) is 5.42. The number of fused-ring (bicyclic) bond motifs is 1. The lowest BCUT2D eigenvalue weighted by atomic mass is 10.1. The van der Waals surface area contributed by atoms with Gasteiger partial charge in [-0.05, 0) is 56.0 Å². The number of nitrogens with zero attached hydrogens (tertiary/aromatic N) is 3. The summed E-state index contributed by atoms with van der Waals surface area (Å²) in [6.07, 6.45) is 2.96. The first-order chi connectivity index (χ1) is 15.5. The summed E-state index contributed by atoms with van der Waals surface area (Å²) in [7, 11) is 0. The van der Waals surface area contributed by atoms with Crippen molar-refractivity contribution in [3.8, 4) is 0 Å². The molecule has 5 rings (SSSR count). The summed E-state index contributed by atoms with van der Waals surface area (Å²) in [4.78, 5) is 29.6. The Morgan fingerprint density at radius 1 is 1.31 bits per heavy atom. The fraction of sp³-hybridized carbons (Fsp3) is 0.435. The molecule has 8 nitrogen and oxygen atoms in total. The molecule has 0 spiro atoms. The molecule has 4 heterocycles. The monoisotopic (exact) mass is 439 g/mol. The number of anilines is 2. The molecule has 2 aliphatic heterocycles. The van der Waals surface area contributed by atoms with Crippen molar-refractivity contribution in [2.45, 2.75) is 38.4 Å². The van der Waals surface area contributed by atoms with Crippen LogP contribution in [-0.4, -0.2) is 58.0 Å². The smallest absolute Gasteiger partial charge is 0.261 e. The van der Waals surface area contributed by atoms with E-state index in [2.05, 4.69) is 10.3 Å². The van der Waals surface area contributed by atoms with Crippen molar-refractivity contribution in [1.29, 1.82) is 0 Å². The zero-order valence-corrected chi connectivity index (χ0v) is 17.9. The molecule has 0 radical (unpaired) electrons. The number of hydrogen-bond donors (Lipinski definition) is 2. The number of aromatic nitrogens is 3. The molecule has 2 saturated heterocycles. The van der Waals surface area contributed by atoms with E-state index in [0.29, 0.717) is 36.3 Å². The number of hydrogen-bond acceptors (Lipinski definition) is 5. The normalized spacial score (nSPS) is 21.2. The van der Waals surface area contributed by atoms with E-state index < -0.39 is 6.17 Å². The van der Waals surface area contributed by atoms with Crippen LogP contribution in [0.2, 0.25) is 0 Å². The van der Waals surface area contributed by atoms with E-state index in [1.807, 2.05) is 23.7 Å². The SMILES string of the molecule is Cc1cc(Nc2nn(C3CCCOC3)c3cc[nH]c(=O)c23)ccc1C(=O)N1CCC(F)C1. The maximum atomic E-state index is 13.5. The molecule has 2 aliphatic rings. The van der Waals surface area contributed by atoms with Crippen LogP contribution >= 0.6 is 0 Å². The Morgan fingerprint density at radius 3 is 2.91 bits per heavy atom. The second-order valence-corrected chi connectivity index (χ2v) is 8.52. The van der Waals surface area contributed by atoms with Gasteiger partial charge in [-0.3, -0.25) is 14.3 Å². The Bertz CT molecular complexity index is 1210. The first-order valence-electron chi connectivity index (χ1n) is 11.0. The Balaban J connectivity index is 1.45. The van der Waals surface area contributed by atoms with Crippen molar-refractivity contribution >= 4 is 28.3 Å². The number of halogens is 1. The van der Waals surface area contributed by atoms with Gasteiger partial charge >= 0.3 is 0 Å². The van der Waals surface area contributed by atoms with Gasteiger partial charge in [-0.2, -0.15) is 5.10 Å². The molecule has 3 aromatic rings. The van der Waals surface area contributed by atoms with Gasteiger partial charge in [0.05, 0.1) is 24.7 Å². The van der Waals surface area contributed by atoms with Gasteiger partial charge in [-0.25, -0.2) is 4.39 Å². The lowest BCUT2D eigenvalue weighted by molar-refractivity contribution is 0.0566. The second-order valence-electron chi connectivity index (χ2n) is 8.52. The standard InChI is InChI=1S/C23H26FN5O3/c1-14-11-16(4-5-18(14)23(31)28-9-7-15(24)12-28)26-21-20-19(6-8-25-22(20)30)29(27-21)17-3-2-10-32-13-17/h4-6,8,11,15,17H,2-3,7,9-10,12-13H2,1H3,(H,25,30)(H,26,27). The quantitative estimate of drug-likeness (QED) is 0.651. The third-order valence-electron chi connectivity index (χ3n) is 6.25. The molecule has 2 aromatic heterocycles. The molecule has 168 valence electrons. The minimum Gasteiger partial charge on any atom is -0.379 e. The fourth-order valence-electron chi connectivity index (χ4n) is 4.57. The van der Waals surface area contributed by atoms with Crippen LogP contribution in [0.1, 0.15) is 41.2 Å². The Hall–Kier alpha value is -3.20. The van der Waals surface area contributed by atoms with Crippen molar-refractivity contribution in [2.24, 2.45) is 0 Å². The third-order valence-corrected chi connectivity index (χ3v) is 6.25. The first-order valence-corrected chi connectivity index (χ1v) is 11.0. The molecule has 2 fully saturated rings. The highest BCUT2D eigenvalue weighted by Gasteiger charge is 2.27. The lowest BCUT2D eigenvalue weighted by Crippen LogP contribution is -2.29. The predicted octanol–water partition coefficient (Wildman–Crippen LogP) is 3.31. The van der Waals surface area contributed by atoms with Crippen molar-refractivity contribution in [1.82, 2.24) is 19.7 Å². The number of carbonyl (C=O) groups is 1.